The molecule has 3 N–H and O–H groups in total. The van der Waals surface area contributed by atoms with Gasteiger partial charge in [-0.2, -0.15) is 0 Å². The van der Waals surface area contributed by atoms with E-state index in [1.165, 1.54) is 13.3 Å². The van der Waals surface area contributed by atoms with Crippen molar-refractivity contribution in [2.45, 2.75) is 0 Å². The molecule has 0 radical (unpaired) electrons. The molecule has 9 heteroatoms. The molecule has 160 valence electrons. The number of hydrogen-bond donors (Lipinski definition) is 3. The lowest BCUT2D eigenvalue weighted by Gasteiger charge is -2.10. The van der Waals surface area contributed by atoms with Crippen LogP contribution in [0.1, 0.15) is 10.6 Å². The zero-order chi connectivity index (χ0) is 22.1. The number of carbonyl (C=O) groups is 3. The van der Waals surface area contributed by atoms with E-state index >= 15 is 0 Å². The van der Waals surface area contributed by atoms with E-state index in [-0.39, 0.29) is 30.8 Å². The first-order chi connectivity index (χ1) is 15.0. The topological polar surface area (TPSA) is 119 Å². The maximum absolute atomic E-state index is 12.2. The van der Waals surface area contributed by atoms with Crippen LogP contribution < -0.4 is 25.4 Å². The van der Waals surface area contributed by atoms with Gasteiger partial charge in [0.05, 0.1) is 6.26 Å². The number of anilines is 2. The molecule has 0 unspecified atom stereocenters. The zero-order valence-electron chi connectivity index (χ0n) is 16.7. The standard InChI is InChI=1S/C22H21N3O6/c1-23-20(26)13-30-17-7-2-5-15(11-17)24-21(27)14-31-18-8-3-6-16(12-18)25-22(28)19-9-4-10-29-19/h2-12H,13-14H2,1H3,(H,23,26)(H,24,27)(H,25,28). The van der Waals surface area contributed by atoms with Crippen LogP contribution in [0.3, 0.4) is 0 Å². The fourth-order valence-corrected chi connectivity index (χ4v) is 2.49. The third kappa shape index (κ3) is 6.64. The number of benzene rings is 2. The summed E-state index contributed by atoms with van der Waals surface area (Å²) in [4.78, 5) is 35.5. The quantitative estimate of drug-likeness (QED) is 0.487. The molecule has 0 bridgehead atoms. The lowest BCUT2D eigenvalue weighted by molar-refractivity contribution is -0.122. The van der Waals surface area contributed by atoms with Crippen LogP contribution in [0.15, 0.2) is 71.3 Å². The molecule has 3 rings (SSSR count). The summed E-state index contributed by atoms with van der Waals surface area (Å²) in [5.74, 6) is 0.0157. The molecule has 31 heavy (non-hydrogen) atoms. The van der Waals surface area contributed by atoms with E-state index in [4.69, 9.17) is 13.9 Å². The normalized spacial score (nSPS) is 10.1. The van der Waals surface area contributed by atoms with Gasteiger partial charge in [-0.05, 0) is 36.4 Å². The van der Waals surface area contributed by atoms with Gasteiger partial charge in [0.1, 0.15) is 11.5 Å². The Morgan fingerprint density at radius 1 is 0.806 bits per heavy atom. The Labute approximate surface area is 178 Å². The van der Waals surface area contributed by atoms with Crippen LogP contribution in [0.25, 0.3) is 0 Å². The second-order valence-corrected chi connectivity index (χ2v) is 6.29. The number of ether oxygens (including phenoxy) is 2. The highest BCUT2D eigenvalue weighted by Gasteiger charge is 2.10. The Kier molecular flexibility index (Phi) is 7.26. The Hall–Kier alpha value is -4.27. The van der Waals surface area contributed by atoms with Crippen molar-refractivity contribution in [3.05, 3.63) is 72.7 Å². The highest BCUT2D eigenvalue weighted by molar-refractivity contribution is 6.02. The molecule has 0 aliphatic rings. The van der Waals surface area contributed by atoms with Gasteiger partial charge in [-0.15, -0.1) is 0 Å². The van der Waals surface area contributed by atoms with Crippen molar-refractivity contribution in [3.8, 4) is 11.5 Å². The van der Waals surface area contributed by atoms with Crippen molar-refractivity contribution in [2.24, 2.45) is 0 Å². The fourth-order valence-electron chi connectivity index (χ4n) is 2.49. The second kappa shape index (κ2) is 10.5. The monoisotopic (exact) mass is 423 g/mol. The van der Waals surface area contributed by atoms with E-state index in [1.54, 1.807) is 60.7 Å². The van der Waals surface area contributed by atoms with Crippen LogP contribution in [0, 0.1) is 0 Å². The predicted molar refractivity (Wildman–Crippen MR) is 113 cm³/mol. The van der Waals surface area contributed by atoms with Crippen molar-refractivity contribution in [1.82, 2.24) is 5.32 Å². The minimum atomic E-state index is -0.390. The molecule has 0 atom stereocenters. The fraction of sp³-hybridized carbons (Fsp3) is 0.136. The van der Waals surface area contributed by atoms with E-state index in [0.29, 0.717) is 22.9 Å². The van der Waals surface area contributed by atoms with Crippen molar-refractivity contribution in [3.63, 3.8) is 0 Å². The summed E-state index contributed by atoms with van der Waals surface area (Å²) in [6.07, 6.45) is 1.41. The van der Waals surface area contributed by atoms with E-state index < -0.39 is 5.91 Å². The summed E-state index contributed by atoms with van der Waals surface area (Å²) >= 11 is 0. The Bertz CT molecular complexity index is 1050. The van der Waals surface area contributed by atoms with E-state index in [9.17, 15) is 14.4 Å². The molecule has 1 heterocycles. The van der Waals surface area contributed by atoms with Crippen LogP contribution >= 0.6 is 0 Å². The molecule has 0 saturated carbocycles. The third-order valence-corrected chi connectivity index (χ3v) is 3.97. The lowest BCUT2D eigenvalue weighted by atomic mass is 10.3. The predicted octanol–water partition coefficient (Wildman–Crippen LogP) is 2.67. The van der Waals surface area contributed by atoms with Gasteiger partial charge < -0.3 is 29.8 Å². The van der Waals surface area contributed by atoms with Crippen LogP contribution in [0.4, 0.5) is 11.4 Å². The van der Waals surface area contributed by atoms with Gasteiger partial charge >= 0.3 is 0 Å². The smallest absolute Gasteiger partial charge is 0.291 e. The molecule has 2 aromatic carbocycles. The molecular formula is C22H21N3O6. The maximum atomic E-state index is 12.2. The number of hydrogen-bond acceptors (Lipinski definition) is 6. The molecule has 0 aliphatic heterocycles. The van der Waals surface area contributed by atoms with Crippen LogP contribution in [-0.2, 0) is 9.59 Å². The second-order valence-electron chi connectivity index (χ2n) is 6.29. The van der Waals surface area contributed by atoms with Crippen LogP contribution in [-0.4, -0.2) is 38.0 Å². The summed E-state index contributed by atoms with van der Waals surface area (Å²) in [5, 5.41) is 7.84. The molecule has 0 spiro atoms. The highest BCUT2D eigenvalue weighted by Crippen LogP contribution is 2.19. The Morgan fingerprint density at radius 2 is 1.42 bits per heavy atom. The number of nitrogens with one attached hydrogen (secondary N) is 3. The van der Waals surface area contributed by atoms with E-state index in [1.807, 2.05) is 0 Å². The average Bonchev–Trinajstić information content (AvgIpc) is 3.32. The number of carbonyl (C=O) groups excluding carboxylic acids is 3. The molecule has 0 fully saturated rings. The van der Waals surface area contributed by atoms with E-state index in [2.05, 4.69) is 16.0 Å². The van der Waals surface area contributed by atoms with Gasteiger partial charge in [0.25, 0.3) is 17.7 Å². The lowest BCUT2D eigenvalue weighted by Crippen LogP contribution is -2.24. The Balaban J connectivity index is 1.50. The minimum Gasteiger partial charge on any atom is -0.484 e. The molecule has 0 saturated heterocycles. The summed E-state index contributed by atoms with van der Waals surface area (Å²) in [5.41, 5.74) is 1.00. The van der Waals surface area contributed by atoms with Crippen LogP contribution in [0.2, 0.25) is 0 Å². The SMILES string of the molecule is CNC(=O)COc1cccc(NC(=O)COc2cccc(NC(=O)c3ccco3)c2)c1. The van der Waals surface area contributed by atoms with Crippen molar-refractivity contribution < 1.29 is 28.3 Å². The average molecular weight is 423 g/mol. The molecule has 9 nitrogen and oxygen atoms in total. The highest BCUT2D eigenvalue weighted by atomic mass is 16.5. The number of furan rings is 1. The van der Waals surface area contributed by atoms with Gasteiger partial charge in [0.15, 0.2) is 19.0 Å². The Morgan fingerprint density at radius 3 is 2.00 bits per heavy atom. The van der Waals surface area contributed by atoms with Gasteiger partial charge in [-0.25, -0.2) is 0 Å². The maximum Gasteiger partial charge on any atom is 0.291 e. The first-order valence-electron chi connectivity index (χ1n) is 9.34. The molecule has 1 aromatic heterocycles. The number of rotatable bonds is 9. The van der Waals surface area contributed by atoms with Gasteiger partial charge in [0, 0.05) is 30.6 Å². The summed E-state index contributed by atoms with van der Waals surface area (Å²) in [7, 11) is 1.52. The largest absolute Gasteiger partial charge is 0.484 e. The third-order valence-electron chi connectivity index (χ3n) is 3.97. The van der Waals surface area contributed by atoms with Gasteiger partial charge in [-0.3, -0.25) is 14.4 Å². The molecular weight excluding hydrogens is 402 g/mol. The summed E-state index contributed by atoms with van der Waals surface area (Å²) in [6.45, 7) is -0.358. The molecule has 3 amide bonds. The van der Waals surface area contributed by atoms with E-state index in [0.717, 1.165) is 0 Å². The number of amides is 3. The summed E-state index contributed by atoms with van der Waals surface area (Å²) < 4.78 is 15.9. The summed E-state index contributed by atoms with van der Waals surface area (Å²) in [6, 6.07) is 16.5. The van der Waals surface area contributed by atoms with Gasteiger partial charge in [0.2, 0.25) is 0 Å². The van der Waals surface area contributed by atoms with Crippen molar-refractivity contribution >= 4 is 29.1 Å². The van der Waals surface area contributed by atoms with Crippen molar-refractivity contribution in [2.75, 3.05) is 30.9 Å². The van der Waals surface area contributed by atoms with Gasteiger partial charge in [-0.1, -0.05) is 12.1 Å². The van der Waals surface area contributed by atoms with Crippen molar-refractivity contribution in [1.29, 1.82) is 0 Å². The zero-order valence-corrected chi connectivity index (χ0v) is 16.7. The van der Waals surface area contributed by atoms with Crippen LogP contribution in [0.5, 0.6) is 11.5 Å². The minimum absolute atomic E-state index is 0.121. The first-order valence-corrected chi connectivity index (χ1v) is 9.34. The number of likely N-dealkylation sites (N-methyl/N-ethyl adjacent to an activating group) is 1. The first kappa shape index (κ1) is 21.4. The molecule has 0 aliphatic carbocycles. The molecule has 3 aromatic rings.